The highest BCUT2D eigenvalue weighted by atomic mass is 32.1. The lowest BCUT2D eigenvalue weighted by Crippen LogP contribution is -2.57. The van der Waals surface area contributed by atoms with Crippen molar-refractivity contribution >= 4 is 46.8 Å². The number of hydrogen-bond acceptors (Lipinski definition) is 12. The number of nitrogens with two attached hydrogens (primary N) is 1. The first-order valence-electron chi connectivity index (χ1n) is 25.0. The Morgan fingerprint density at radius 3 is 2.23 bits per heavy atom. The first-order chi connectivity index (χ1) is 35.7. The van der Waals surface area contributed by atoms with E-state index in [4.69, 9.17) is 10.5 Å². The Hall–Kier alpha value is -7.36. The number of carbonyl (C=O) groups is 6. The minimum absolute atomic E-state index is 0.00643. The molecule has 5 heterocycles. The van der Waals surface area contributed by atoms with Gasteiger partial charge in [0.15, 0.2) is 0 Å². The lowest BCUT2D eigenvalue weighted by molar-refractivity contribution is -0.274. The summed E-state index contributed by atoms with van der Waals surface area (Å²) in [5.41, 5.74) is 11.5. The van der Waals surface area contributed by atoms with Crippen LogP contribution in [-0.4, -0.2) is 115 Å². The maximum Gasteiger partial charge on any atom is 0.573 e. The van der Waals surface area contributed by atoms with Gasteiger partial charge in [0, 0.05) is 82.9 Å². The number of imidazole rings is 1. The molecule has 0 saturated carbocycles. The van der Waals surface area contributed by atoms with Crippen molar-refractivity contribution in [3.05, 3.63) is 101 Å². The summed E-state index contributed by atoms with van der Waals surface area (Å²) in [5, 5.41) is 8.77. The van der Waals surface area contributed by atoms with E-state index in [1.165, 1.54) is 18.3 Å². The topological polar surface area (TPSA) is 233 Å². The number of pyridine rings is 1. The van der Waals surface area contributed by atoms with Crippen LogP contribution in [-0.2, 0) is 43.5 Å². The number of aromatic nitrogens is 4. The lowest BCUT2D eigenvalue weighted by atomic mass is 9.85. The third-order valence-electron chi connectivity index (χ3n) is 13.0. The van der Waals surface area contributed by atoms with E-state index in [-0.39, 0.29) is 78.6 Å². The molecule has 75 heavy (non-hydrogen) atoms. The predicted octanol–water partition coefficient (Wildman–Crippen LogP) is 6.50. The van der Waals surface area contributed by atoms with Crippen LogP contribution in [0.2, 0.25) is 0 Å². The highest BCUT2D eigenvalue weighted by Crippen LogP contribution is 2.30. The fourth-order valence-electron chi connectivity index (χ4n) is 8.97. The summed E-state index contributed by atoms with van der Waals surface area (Å²) in [6.07, 6.45) is 2.97. The second kappa shape index (κ2) is 24.8. The normalized spacial score (nSPS) is 15.5. The smallest absolute Gasteiger partial charge is 0.474 e. The lowest BCUT2D eigenvalue weighted by Gasteiger charge is -2.35. The van der Waals surface area contributed by atoms with Crippen LogP contribution in [0.4, 0.5) is 13.2 Å². The van der Waals surface area contributed by atoms with E-state index in [2.05, 4.69) is 35.6 Å². The van der Waals surface area contributed by atoms with E-state index in [9.17, 15) is 41.9 Å². The minimum Gasteiger partial charge on any atom is -0.474 e. The van der Waals surface area contributed by atoms with Crippen LogP contribution in [0.5, 0.6) is 11.6 Å². The second-order valence-electron chi connectivity index (χ2n) is 19.8. The van der Waals surface area contributed by atoms with Crippen molar-refractivity contribution in [3.8, 4) is 33.3 Å². The molecule has 22 heteroatoms. The summed E-state index contributed by atoms with van der Waals surface area (Å²) >= 11 is 1.58. The quantitative estimate of drug-likeness (QED) is 0.0579. The number of rotatable bonds is 21. The monoisotopic (exact) mass is 1060 g/mol. The molecular weight excluding hydrogens is 994 g/mol. The summed E-state index contributed by atoms with van der Waals surface area (Å²) in [6.45, 7) is 9.77. The number of nitrogens with one attached hydrogen (secondary N) is 3. The first-order valence-corrected chi connectivity index (χ1v) is 25.8. The van der Waals surface area contributed by atoms with Crippen LogP contribution >= 0.6 is 11.3 Å². The predicted molar refractivity (Wildman–Crippen MR) is 273 cm³/mol. The van der Waals surface area contributed by atoms with Crippen molar-refractivity contribution < 1.29 is 51.4 Å². The Morgan fingerprint density at radius 2 is 1.56 bits per heavy atom. The zero-order valence-corrected chi connectivity index (χ0v) is 43.2. The molecule has 0 unspecified atom stereocenters. The summed E-state index contributed by atoms with van der Waals surface area (Å²) in [7, 11) is 0. The van der Waals surface area contributed by atoms with Gasteiger partial charge in [-0.25, -0.2) is 15.0 Å². The summed E-state index contributed by atoms with van der Waals surface area (Å²) in [4.78, 5) is 96.3. The van der Waals surface area contributed by atoms with Crippen LogP contribution in [0.1, 0.15) is 99.3 Å². The first kappa shape index (κ1) is 55.4. The van der Waals surface area contributed by atoms with Crippen LogP contribution in [0.15, 0.2) is 78.8 Å². The number of primary amides is 1. The molecule has 0 aliphatic carbocycles. The molecule has 2 aromatic carbocycles. The van der Waals surface area contributed by atoms with E-state index < -0.39 is 29.8 Å². The fraction of sp³-hybridized carbons (Fsp3) is 0.453. The van der Waals surface area contributed by atoms with Crippen molar-refractivity contribution in [2.24, 2.45) is 11.1 Å². The standard InChI is InChI=1S/C53H63F3N10O8S/c1-33-46(75-32-62-33)36-15-11-35(12-16-36)28-59-49(71)42-8-6-23-66(42)51(72)47(52(2,3)4)63-44(68)9-5-21-58-43(67)10-7-22-64-30-41(61-31-64)37-27-40(48(57)70)50(60-29-37)73-38-19-24-65(25-20-38)45(69)26-34-13-17-39(18-14-34)74-53(54,55)56/h11-18,27,29-32,38,42,47H,5-10,19-26,28H2,1-4H3,(H2,57,70)(H,58,67)(H,59,71)(H,63,68)/t42-,47-/m1/s1. The Morgan fingerprint density at radius 1 is 0.853 bits per heavy atom. The van der Waals surface area contributed by atoms with Gasteiger partial charge >= 0.3 is 6.36 Å². The molecule has 2 saturated heterocycles. The van der Waals surface area contributed by atoms with Crippen molar-refractivity contribution in [1.29, 1.82) is 0 Å². The molecule has 0 spiro atoms. The number of benzene rings is 2. The molecule has 400 valence electrons. The average molecular weight is 1060 g/mol. The highest BCUT2D eigenvalue weighted by molar-refractivity contribution is 7.13. The highest BCUT2D eigenvalue weighted by Gasteiger charge is 2.42. The van der Waals surface area contributed by atoms with E-state index in [0.29, 0.717) is 88.1 Å². The maximum absolute atomic E-state index is 14.0. The van der Waals surface area contributed by atoms with Crippen molar-refractivity contribution in [2.45, 2.75) is 123 Å². The summed E-state index contributed by atoms with van der Waals surface area (Å²) in [6, 6.07) is 13.2. The molecule has 6 amide bonds. The fourth-order valence-corrected chi connectivity index (χ4v) is 9.78. The van der Waals surface area contributed by atoms with Gasteiger partial charge in [0.2, 0.25) is 35.4 Å². The van der Waals surface area contributed by atoms with Crippen LogP contribution < -0.4 is 31.2 Å². The van der Waals surface area contributed by atoms with Crippen molar-refractivity contribution in [1.82, 2.24) is 45.3 Å². The number of aryl methyl sites for hydroxylation is 2. The van der Waals surface area contributed by atoms with Gasteiger partial charge in [0.05, 0.1) is 34.5 Å². The number of likely N-dealkylation sites (tertiary alicyclic amines) is 2. The third-order valence-corrected chi connectivity index (χ3v) is 14.0. The Balaban J connectivity index is 0.797. The van der Waals surface area contributed by atoms with Crippen molar-refractivity contribution in [2.75, 3.05) is 26.2 Å². The van der Waals surface area contributed by atoms with E-state index >= 15 is 0 Å². The van der Waals surface area contributed by atoms with Gasteiger partial charge in [-0.2, -0.15) is 0 Å². The van der Waals surface area contributed by atoms with Crippen LogP contribution in [0.25, 0.3) is 21.7 Å². The summed E-state index contributed by atoms with van der Waals surface area (Å²) in [5.74, 6) is -2.30. The number of nitrogens with zero attached hydrogens (tertiary/aromatic N) is 6. The Kier molecular flexibility index (Phi) is 18.3. The Bertz CT molecular complexity index is 2810. The molecule has 2 atom stereocenters. The summed E-state index contributed by atoms with van der Waals surface area (Å²) < 4.78 is 49.3. The molecular formula is C53H63F3N10O8S. The largest absolute Gasteiger partial charge is 0.573 e. The minimum atomic E-state index is -4.81. The number of carbonyl (C=O) groups excluding carboxylic acids is 6. The molecule has 0 bridgehead atoms. The van der Waals surface area contributed by atoms with E-state index in [1.807, 2.05) is 62.0 Å². The zero-order valence-electron chi connectivity index (χ0n) is 42.4. The molecule has 2 aliphatic rings. The Labute approximate surface area is 437 Å². The number of hydrogen-bond donors (Lipinski definition) is 4. The molecule has 18 nitrogen and oxygen atoms in total. The van der Waals surface area contributed by atoms with Gasteiger partial charge < -0.3 is 45.5 Å². The maximum atomic E-state index is 14.0. The van der Waals surface area contributed by atoms with Gasteiger partial charge in [-0.1, -0.05) is 57.2 Å². The molecule has 3 aromatic heterocycles. The molecule has 2 aliphatic heterocycles. The second-order valence-corrected chi connectivity index (χ2v) is 20.7. The third kappa shape index (κ3) is 15.6. The van der Waals surface area contributed by atoms with Gasteiger partial charge in [-0.05, 0) is 72.9 Å². The van der Waals surface area contributed by atoms with Gasteiger partial charge in [0.1, 0.15) is 29.5 Å². The molecule has 5 aromatic rings. The van der Waals surface area contributed by atoms with Gasteiger partial charge in [0.25, 0.3) is 5.91 Å². The zero-order chi connectivity index (χ0) is 53.9. The molecule has 7 rings (SSSR count). The van der Waals surface area contributed by atoms with Gasteiger partial charge in [-0.3, -0.25) is 28.8 Å². The number of alkyl halides is 3. The van der Waals surface area contributed by atoms with Gasteiger partial charge in [-0.15, -0.1) is 24.5 Å². The number of amides is 6. The number of piperidine rings is 1. The molecule has 0 radical (unpaired) electrons. The molecule has 2 fully saturated rings. The SMILES string of the molecule is Cc1ncsc1-c1ccc(CNC(=O)[C@H]2CCCN2C(=O)[C@@H](NC(=O)CCCNC(=O)CCCn2cnc(-c3cnc(OC4CCN(C(=O)Cc5ccc(OC(F)(F)F)cc5)CC4)c(C(N)=O)c3)c2)C(C)(C)C)cc1. The number of thiazole rings is 1. The van der Waals surface area contributed by atoms with Crippen molar-refractivity contribution in [3.63, 3.8) is 0 Å². The van der Waals surface area contributed by atoms with E-state index in [1.54, 1.807) is 39.7 Å². The van der Waals surface area contributed by atoms with Crippen LogP contribution in [0.3, 0.4) is 0 Å². The molecule has 5 N–H and O–H groups in total. The number of ether oxygens (including phenoxy) is 2. The number of halogens is 3. The van der Waals surface area contributed by atoms with E-state index in [0.717, 1.165) is 33.8 Å². The van der Waals surface area contributed by atoms with Crippen LogP contribution in [0, 0.1) is 12.3 Å². The average Bonchev–Trinajstić information content (AvgIpc) is 4.16.